The molecule has 2 unspecified atom stereocenters. The van der Waals surface area contributed by atoms with Gasteiger partial charge < -0.3 is 19.5 Å². The number of benzene rings is 1. The topological polar surface area (TPSA) is 105 Å². The molecule has 6 rings (SSSR count). The minimum Gasteiger partial charge on any atom is -0.421 e. The van der Waals surface area contributed by atoms with Crippen molar-refractivity contribution < 1.29 is 9.21 Å². The lowest BCUT2D eigenvalue weighted by atomic mass is 9.64. The Kier molecular flexibility index (Phi) is 5.37. The lowest BCUT2D eigenvalue weighted by Crippen LogP contribution is -2.70. The van der Waals surface area contributed by atoms with E-state index >= 15 is 0 Å². The molecule has 174 valence electrons. The Morgan fingerprint density at radius 1 is 1.33 bits per heavy atom. The summed E-state index contributed by atoms with van der Waals surface area (Å²) < 4.78 is 7.64. The van der Waals surface area contributed by atoms with E-state index in [4.69, 9.17) is 16.0 Å². The maximum absolute atomic E-state index is 13.5. The molecule has 33 heavy (non-hydrogen) atoms. The molecule has 3 atom stereocenters. The van der Waals surface area contributed by atoms with E-state index in [0.717, 1.165) is 19.3 Å². The van der Waals surface area contributed by atoms with E-state index in [1.807, 2.05) is 23.9 Å². The van der Waals surface area contributed by atoms with E-state index in [2.05, 4.69) is 32.5 Å². The van der Waals surface area contributed by atoms with Crippen molar-refractivity contribution in [1.82, 2.24) is 34.8 Å². The number of carbonyl (C=O) groups is 1. The SMILES string of the molecule is C[C@H]1CC2CC(c3nnc(CN(C)C)o3)(C1)N2C(=O)Nc1ccc(Cl)c(-c2ncn(C)n2)c1. The number of rotatable bonds is 5. The first-order chi connectivity index (χ1) is 15.7. The zero-order valence-electron chi connectivity index (χ0n) is 19.1. The third-order valence-corrected chi connectivity index (χ3v) is 6.68. The Morgan fingerprint density at radius 3 is 2.88 bits per heavy atom. The van der Waals surface area contributed by atoms with Gasteiger partial charge in [0.2, 0.25) is 11.8 Å². The number of anilines is 1. The fourth-order valence-corrected chi connectivity index (χ4v) is 5.35. The molecule has 1 saturated carbocycles. The Morgan fingerprint density at radius 2 is 2.15 bits per heavy atom. The van der Waals surface area contributed by atoms with Gasteiger partial charge in [-0.05, 0) is 51.1 Å². The highest BCUT2D eigenvalue weighted by atomic mass is 35.5. The van der Waals surface area contributed by atoms with Gasteiger partial charge >= 0.3 is 6.03 Å². The summed E-state index contributed by atoms with van der Waals surface area (Å²) in [6, 6.07) is 5.26. The zero-order valence-corrected chi connectivity index (χ0v) is 19.9. The molecule has 10 nitrogen and oxygen atoms in total. The van der Waals surface area contributed by atoms with Crippen molar-refractivity contribution in [3.05, 3.63) is 41.3 Å². The minimum absolute atomic E-state index is 0.141. The molecule has 2 saturated heterocycles. The molecule has 3 aliphatic rings. The first-order valence-corrected chi connectivity index (χ1v) is 11.4. The van der Waals surface area contributed by atoms with E-state index in [1.165, 1.54) is 0 Å². The van der Waals surface area contributed by atoms with Crippen LogP contribution in [0.4, 0.5) is 10.5 Å². The molecule has 3 aromatic rings. The van der Waals surface area contributed by atoms with Crippen LogP contribution in [0, 0.1) is 5.92 Å². The molecule has 11 heteroatoms. The lowest BCUT2D eigenvalue weighted by molar-refractivity contribution is -0.110. The molecule has 1 aliphatic carbocycles. The summed E-state index contributed by atoms with van der Waals surface area (Å²) in [5.74, 6) is 2.04. The number of carbonyl (C=O) groups excluding carboxylic acids is 1. The van der Waals surface area contributed by atoms with Crippen LogP contribution in [0.3, 0.4) is 0 Å². The number of nitrogens with zero attached hydrogens (tertiary/aromatic N) is 7. The summed E-state index contributed by atoms with van der Waals surface area (Å²) in [5, 5.41) is 16.4. The number of aryl methyl sites for hydroxylation is 1. The Bertz CT molecular complexity index is 1190. The molecule has 4 heterocycles. The number of fused-ring (bicyclic) bond motifs is 2. The Hall–Kier alpha value is -2.98. The maximum Gasteiger partial charge on any atom is 0.323 e. The molecule has 2 amide bonds. The molecule has 1 N–H and O–H groups in total. The van der Waals surface area contributed by atoms with Gasteiger partial charge in [0, 0.05) is 30.8 Å². The first kappa shape index (κ1) is 21.8. The van der Waals surface area contributed by atoms with E-state index < -0.39 is 5.54 Å². The molecular weight excluding hydrogens is 444 g/mol. The van der Waals surface area contributed by atoms with E-state index in [9.17, 15) is 4.79 Å². The third kappa shape index (κ3) is 3.87. The van der Waals surface area contributed by atoms with Gasteiger partial charge in [0.15, 0.2) is 5.82 Å². The molecule has 3 fully saturated rings. The number of halogens is 1. The lowest BCUT2D eigenvalue weighted by Gasteiger charge is -2.61. The van der Waals surface area contributed by atoms with Crippen LogP contribution >= 0.6 is 11.6 Å². The summed E-state index contributed by atoms with van der Waals surface area (Å²) >= 11 is 6.37. The van der Waals surface area contributed by atoms with Crippen LogP contribution in [0.5, 0.6) is 0 Å². The summed E-state index contributed by atoms with van der Waals surface area (Å²) in [6.45, 7) is 2.77. The van der Waals surface area contributed by atoms with Gasteiger partial charge in [-0.2, -0.15) is 5.10 Å². The standard InChI is InChI=1S/C22H27ClN8O2/c1-13-7-15-10-22(9-13,20-27-26-18(33-20)11-29(2)3)31(15)21(32)25-14-5-6-17(23)16(8-14)19-24-12-30(4)28-19/h5-6,8,12-13,15H,7,9-11H2,1-4H3,(H,25,32)/t13-,15?,22?/m0/s1. The van der Waals surface area contributed by atoms with E-state index in [-0.39, 0.29) is 12.1 Å². The molecule has 0 radical (unpaired) electrons. The second-order valence-corrected chi connectivity index (χ2v) is 9.82. The van der Waals surface area contributed by atoms with Crippen LogP contribution in [0.15, 0.2) is 28.9 Å². The van der Waals surface area contributed by atoms with Gasteiger partial charge in [-0.25, -0.2) is 9.78 Å². The van der Waals surface area contributed by atoms with Crippen LogP contribution in [-0.2, 0) is 19.1 Å². The monoisotopic (exact) mass is 470 g/mol. The summed E-state index contributed by atoms with van der Waals surface area (Å²) in [5.41, 5.74) is 0.716. The van der Waals surface area contributed by atoms with Crippen molar-refractivity contribution in [2.24, 2.45) is 13.0 Å². The molecule has 2 aromatic heterocycles. The third-order valence-electron chi connectivity index (χ3n) is 6.35. The number of nitrogens with one attached hydrogen (secondary N) is 1. The van der Waals surface area contributed by atoms with Gasteiger partial charge in [0.1, 0.15) is 11.9 Å². The number of hydrogen-bond donors (Lipinski definition) is 1. The summed E-state index contributed by atoms with van der Waals surface area (Å²) in [4.78, 5) is 21.6. The quantitative estimate of drug-likeness (QED) is 0.608. The molecule has 0 spiro atoms. The van der Waals surface area contributed by atoms with Crippen LogP contribution < -0.4 is 5.32 Å². The Labute approximate surface area is 196 Å². The van der Waals surface area contributed by atoms with Crippen LogP contribution in [0.2, 0.25) is 5.02 Å². The van der Waals surface area contributed by atoms with Crippen molar-refractivity contribution in [3.8, 4) is 11.4 Å². The maximum atomic E-state index is 13.5. The normalized spacial score (nSPS) is 24.1. The second-order valence-electron chi connectivity index (χ2n) is 9.41. The van der Waals surface area contributed by atoms with Crippen LogP contribution in [0.25, 0.3) is 11.4 Å². The number of urea groups is 1. The highest BCUT2D eigenvalue weighted by Crippen LogP contribution is 2.55. The predicted molar refractivity (Wildman–Crippen MR) is 122 cm³/mol. The van der Waals surface area contributed by atoms with Crippen molar-refractivity contribution in [3.63, 3.8) is 0 Å². The van der Waals surface area contributed by atoms with Crippen molar-refractivity contribution in [1.29, 1.82) is 0 Å². The highest BCUT2D eigenvalue weighted by Gasteiger charge is 2.62. The Balaban J connectivity index is 1.40. The average Bonchev–Trinajstić information content (AvgIpc) is 3.37. The molecule has 2 aliphatic heterocycles. The number of piperidine rings is 1. The van der Waals surface area contributed by atoms with Gasteiger partial charge in [-0.3, -0.25) is 4.68 Å². The predicted octanol–water partition coefficient (Wildman–Crippen LogP) is 3.51. The number of hydrogen-bond acceptors (Lipinski definition) is 7. The van der Waals surface area contributed by atoms with Crippen molar-refractivity contribution >= 4 is 23.3 Å². The van der Waals surface area contributed by atoms with Gasteiger partial charge in [0.05, 0.1) is 11.6 Å². The zero-order chi connectivity index (χ0) is 23.3. The van der Waals surface area contributed by atoms with Crippen molar-refractivity contribution in [2.45, 2.75) is 44.3 Å². The van der Waals surface area contributed by atoms with E-state index in [1.54, 1.807) is 36.3 Å². The van der Waals surface area contributed by atoms with Crippen LogP contribution in [-0.4, -0.2) is 60.9 Å². The summed E-state index contributed by atoms with van der Waals surface area (Å²) in [7, 11) is 5.69. The second kappa shape index (κ2) is 8.11. The molecular formula is C22H27ClN8O2. The largest absolute Gasteiger partial charge is 0.421 e. The van der Waals surface area contributed by atoms with Gasteiger partial charge in [0.25, 0.3) is 0 Å². The minimum atomic E-state index is -0.568. The molecule has 1 aromatic carbocycles. The fourth-order valence-electron chi connectivity index (χ4n) is 5.15. The number of aromatic nitrogens is 5. The first-order valence-electron chi connectivity index (χ1n) is 11.0. The van der Waals surface area contributed by atoms with Gasteiger partial charge in [-0.15, -0.1) is 10.2 Å². The molecule has 2 bridgehead atoms. The average molecular weight is 471 g/mol. The van der Waals surface area contributed by atoms with E-state index in [0.29, 0.717) is 46.3 Å². The van der Waals surface area contributed by atoms with Gasteiger partial charge in [-0.1, -0.05) is 18.5 Å². The summed E-state index contributed by atoms with van der Waals surface area (Å²) in [6.07, 6.45) is 4.19. The highest BCUT2D eigenvalue weighted by molar-refractivity contribution is 6.33. The number of amides is 2. The van der Waals surface area contributed by atoms with Crippen LogP contribution in [0.1, 0.15) is 38.0 Å². The van der Waals surface area contributed by atoms with Crippen molar-refractivity contribution in [2.75, 3.05) is 19.4 Å². The fraction of sp³-hybridized carbons (Fsp3) is 0.500. The smallest absolute Gasteiger partial charge is 0.323 e.